The van der Waals surface area contributed by atoms with Gasteiger partial charge in [-0.3, -0.25) is 4.79 Å². The van der Waals surface area contributed by atoms with Crippen molar-refractivity contribution in [1.82, 2.24) is 19.6 Å². The molecule has 0 bridgehead atoms. The van der Waals surface area contributed by atoms with Gasteiger partial charge in [0.2, 0.25) is 5.95 Å². The Bertz CT molecular complexity index is 1380. The van der Waals surface area contributed by atoms with E-state index in [-0.39, 0.29) is 22.2 Å². The monoisotopic (exact) mass is 544 g/mol. The van der Waals surface area contributed by atoms with Gasteiger partial charge in [-0.05, 0) is 37.1 Å². The smallest absolute Gasteiger partial charge is 0.322 e. The van der Waals surface area contributed by atoms with Crippen LogP contribution in [0.1, 0.15) is 30.1 Å². The molecule has 2 atom stereocenters. The van der Waals surface area contributed by atoms with E-state index in [1.807, 2.05) is 42.3 Å². The number of ether oxygens (including phenoxy) is 2. The highest BCUT2D eigenvalue weighted by atomic mass is 35.5. The first-order valence-corrected chi connectivity index (χ1v) is 12.2. The van der Waals surface area contributed by atoms with Crippen molar-refractivity contribution in [3.8, 4) is 5.75 Å². The van der Waals surface area contributed by atoms with Gasteiger partial charge in [0, 0.05) is 18.3 Å². The Morgan fingerprint density at radius 3 is 2.68 bits per heavy atom. The van der Waals surface area contributed by atoms with Crippen molar-refractivity contribution in [3.63, 3.8) is 0 Å². The average Bonchev–Trinajstić information content (AvgIpc) is 3.36. The first kappa shape index (κ1) is 26.6. The van der Waals surface area contributed by atoms with Crippen LogP contribution >= 0.6 is 23.2 Å². The maximum Gasteiger partial charge on any atom is 0.322 e. The molecule has 3 N–H and O–H groups in total. The molecule has 1 unspecified atom stereocenters. The van der Waals surface area contributed by atoms with Gasteiger partial charge in [0.05, 0.1) is 35.5 Å². The predicted molar refractivity (Wildman–Crippen MR) is 141 cm³/mol. The third kappa shape index (κ3) is 5.62. The van der Waals surface area contributed by atoms with Crippen molar-refractivity contribution >= 4 is 46.5 Å². The third-order valence-corrected chi connectivity index (χ3v) is 6.66. The van der Waals surface area contributed by atoms with E-state index in [1.54, 1.807) is 16.6 Å². The van der Waals surface area contributed by atoms with E-state index in [0.29, 0.717) is 35.8 Å². The number of esters is 1. The first-order chi connectivity index (χ1) is 17.8. The number of nitrogens with two attached hydrogens (primary N) is 1. The highest BCUT2D eigenvalue weighted by Crippen LogP contribution is 2.41. The summed E-state index contributed by atoms with van der Waals surface area (Å²) in [6, 6.07) is 12.1. The molecule has 194 valence electrons. The highest BCUT2D eigenvalue weighted by Gasteiger charge is 2.26. The first-order valence-electron chi connectivity index (χ1n) is 11.4. The second kappa shape index (κ2) is 11.7. The quantitative estimate of drug-likeness (QED) is 0.225. The molecule has 0 amide bonds. The summed E-state index contributed by atoms with van der Waals surface area (Å²) in [5.41, 5.74) is 7.75. The normalized spacial score (nSPS) is 12.8. The van der Waals surface area contributed by atoms with E-state index in [4.69, 9.17) is 33.7 Å². The molecule has 0 aliphatic heterocycles. The molecule has 0 spiro atoms. The number of aliphatic hydroxyl groups excluding tert-OH is 1. The Hall–Kier alpha value is -3.44. The zero-order chi connectivity index (χ0) is 26.5. The van der Waals surface area contributed by atoms with Gasteiger partial charge in [0.1, 0.15) is 24.2 Å². The summed E-state index contributed by atoms with van der Waals surface area (Å²) in [5, 5.41) is 16.3. The molecule has 2 aromatic carbocycles. The molecule has 37 heavy (non-hydrogen) atoms. The van der Waals surface area contributed by atoms with Gasteiger partial charge in [-0.15, -0.1) is 0 Å². The molecular formula is C25H26Cl2N6O4. The number of hydrogen-bond acceptors (Lipinski definition) is 9. The van der Waals surface area contributed by atoms with E-state index >= 15 is 0 Å². The van der Waals surface area contributed by atoms with Crippen LogP contribution in [0, 0.1) is 0 Å². The molecule has 4 aromatic rings. The Kier molecular flexibility index (Phi) is 8.45. The molecule has 0 fully saturated rings. The van der Waals surface area contributed by atoms with Crippen LogP contribution in [0.15, 0.2) is 55.0 Å². The molecule has 0 radical (unpaired) electrons. The summed E-state index contributed by atoms with van der Waals surface area (Å²) in [7, 11) is 3.15. The van der Waals surface area contributed by atoms with E-state index in [0.717, 1.165) is 5.69 Å². The molecular weight excluding hydrogens is 519 g/mol. The minimum absolute atomic E-state index is 0.146. The molecule has 0 aliphatic rings. The lowest BCUT2D eigenvalue weighted by atomic mass is 10.0. The van der Waals surface area contributed by atoms with Gasteiger partial charge >= 0.3 is 5.97 Å². The topological polar surface area (TPSA) is 128 Å². The van der Waals surface area contributed by atoms with Gasteiger partial charge in [0.25, 0.3) is 0 Å². The van der Waals surface area contributed by atoms with E-state index in [1.165, 1.54) is 19.6 Å². The summed E-state index contributed by atoms with van der Waals surface area (Å²) in [5.74, 6) is 0.354. The van der Waals surface area contributed by atoms with Crippen LogP contribution in [0.25, 0.3) is 5.65 Å². The molecule has 10 nitrogen and oxygen atoms in total. The van der Waals surface area contributed by atoms with Crippen LogP contribution in [0.4, 0.5) is 11.6 Å². The number of aromatic nitrogens is 4. The van der Waals surface area contributed by atoms with Crippen molar-refractivity contribution in [2.45, 2.75) is 25.0 Å². The van der Waals surface area contributed by atoms with Crippen LogP contribution in [-0.2, 0) is 9.53 Å². The number of nitrogens with zero attached hydrogens (tertiary/aromatic N) is 5. The lowest BCUT2D eigenvalue weighted by molar-refractivity contribution is -0.142. The van der Waals surface area contributed by atoms with Crippen molar-refractivity contribution in [3.05, 3.63) is 76.2 Å². The number of halogens is 2. The second-order valence-corrected chi connectivity index (χ2v) is 8.98. The van der Waals surface area contributed by atoms with E-state index < -0.39 is 18.1 Å². The van der Waals surface area contributed by atoms with Crippen molar-refractivity contribution in [2.75, 3.05) is 25.7 Å². The van der Waals surface area contributed by atoms with E-state index in [9.17, 15) is 9.90 Å². The van der Waals surface area contributed by atoms with Crippen LogP contribution in [0.3, 0.4) is 0 Å². The maximum absolute atomic E-state index is 11.5. The van der Waals surface area contributed by atoms with Gasteiger partial charge in [-0.25, -0.2) is 9.97 Å². The van der Waals surface area contributed by atoms with Gasteiger partial charge in [-0.2, -0.15) is 9.61 Å². The molecule has 0 aliphatic carbocycles. The Morgan fingerprint density at radius 1 is 1.19 bits per heavy atom. The van der Waals surface area contributed by atoms with E-state index in [2.05, 4.69) is 19.8 Å². The number of hydrogen-bond donors (Lipinski definition) is 2. The maximum atomic E-state index is 11.5. The number of carbonyl (C=O) groups is 1. The molecule has 2 aromatic heterocycles. The van der Waals surface area contributed by atoms with Crippen molar-refractivity contribution in [1.29, 1.82) is 0 Å². The van der Waals surface area contributed by atoms with Gasteiger partial charge < -0.3 is 25.2 Å². The molecule has 0 saturated heterocycles. The minimum Gasteiger partial charge on any atom is -0.493 e. The number of methoxy groups -OCH3 is 1. The number of anilines is 2. The fraction of sp³-hybridized carbons (Fsp3) is 0.280. The zero-order valence-electron chi connectivity index (χ0n) is 20.2. The molecule has 12 heteroatoms. The molecule has 0 saturated carbocycles. The number of aliphatic hydroxyl groups is 1. The number of para-hydroxylation sites is 1. The summed E-state index contributed by atoms with van der Waals surface area (Å²) < 4.78 is 12.1. The third-order valence-electron chi connectivity index (χ3n) is 5.84. The van der Waals surface area contributed by atoms with Crippen LogP contribution in [-0.4, -0.2) is 57.5 Å². The molecule has 2 heterocycles. The summed E-state index contributed by atoms with van der Waals surface area (Å²) in [6.07, 6.45) is 2.51. The van der Waals surface area contributed by atoms with Crippen LogP contribution in [0.2, 0.25) is 10.0 Å². The summed E-state index contributed by atoms with van der Waals surface area (Å²) in [4.78, 5) is 22.1. The summed E-state index contributed by atoms with van der Waals surface area (Å²) >= 11 is 12.8. The van der Waals surface area contributed by atoms with Gasteiger partial charge in [-0.1, -0.05) is 41.4 Å². The highest BCUT2D eigenvalue weighted by molar-refractivity contribution is 6.42. The number of benzene rings is 2. The lowest BCUT2D eigenvalue weighted by Crippen LogP contribution is -2.31. The lowest BCUT2D eigenvalue weighted by Gasteiger charge is -2.19. The van der Waals surface area contributed by atoms with Crippen LogP contribution in [0.5, 0.6) is 5.75 Å². The van der Waals surface area contributed by atoms with Gasteiger partial charge in [0.15, 0.2) is 5.65 Å². The average molecular weight is 545 g/mol. The second-order valence-electron chi connectivity index (χ2n) is 8.20. The number of carbonyl (C=O) groups excluding carboxylic acids is 1. The van der Waals surface area contributed by atoms with Crippen molar-refractivity contribution in [2.24, 2.45) is 5.73 Å². The van der Waals surface area contributed by atoms with Crippen LogP contribution < -0.4 is 15.4 Å². The standard InChI is InChI=1S/C25H26Cl2N6O4/c1-32(15-7-4-3-5-8-15)25-30-14-29-23-16(13-31-33(23)25)22(34)20-19(11-10-17(26)21(20)27)37-12-6-9-18(28)24(35)36-2/h3-5,7-8,10-11,13-14,18,22,34H,6,9,12,28H2,1-2H3/t18-,22?/m1/s1. The Morgan fingerprint density at radius 2 is 1.95 bits per heavy atom. The predicted octanol–water partition coefficient (Wildman–Crippen LogP) is 3.94. The molecule has 4 rings (SSSR count). The SMILES string of the molecule is COC(=O)[C@H](N)CCCOc1ccc(Cl)c(Cl)c1C(O)c1cnn2c(N(C)c3ccccc3)ncnc12. The van der Waals surface area contributed by atoms with Crippen molar-refractivity contribution < 1.29 is 19.4 Å². The minimum atomic E-state index is -1.25. The number of fused-ring (bicyclic) bond motifs is 1. The largest absolute Gasteiger partial charge is 0.493 e. The summed E-state index contributed by atoms with van der Waals surface area (Å²) in [6.45, 7) is 0.228. The fourth-order valence-electron chi connectivity index (χ4n) is 3.85. The fourth-order valence-corrected chi connectivity index (χ4v) is 4.27. The number of rotatable bonds is 10. The zero-order valence-corrected chi connectivity index (χ0v) is 21.7. The Labute approximate surface area is 223 Å². The Balaban J connectivity index is 1.62.